The van der Waals surface area contributed by atoms with E-state index in [1.165, 1.54) is 12.8 Å². The van der Waals surface area contributed by atoms with Gasteiger partial charge in [-0.3, -0.25) is 19.0 Å². The van der Waals surface area contributed by atoms with Crippen LogP contribution >= 0.6 is 0 Å². The topological polar surface area (TPSA) is 96.6 Å². The average Bonchev–Trinajstić information content (AvgIpc) is 3.45. The number of carbonyl (C=O) groups is 2. The Bertz CT molecular complexity index is 1010. The lowest BCUT2D eigenvalue weighted by Crippen LogP contribution is -2.26. The zero-order chi connectivity index (χ0) is 20.2. The molecule has 29 heavy (non-hydrogen) atoms. The molecule has 3 aromatic rings. The summed E-state index contributed by atoms with van der Waals surface area (Å²) in [7, 11) is 0. The van der Waals surface area contributed by atoms with Crippen LogP contribution in [0, 0.1) is 5.92 Å². The third-order valence-corrected chi connectivity index (χ3v) is 5.31. The molecular weight excluding hydrogens is 368 g/mol. The number of imidazole rings is 1. The number of amides is 1. The van der Waals surface area contributed by atoms with Crippen molar-refractivity contribution in [3.05, 3.63) is 65.9 Å². The van der Waals surface area contributed by atoms with Gasteiger partial charge in [-0.1, -0.05) is 25.0 Å². The smallest absolute Gasteiger partial charge is 0.313 e. The van der Waals surface area contributed by atoms with Gasteiger partial charge in [0.2, 0.25) is 0 Å². The summed E-state index contributed by atoms with van der Waals surface area (Å²) in [5, 5.41) is 12.7. The van der Waals surface area contributed by atoms with Crippen molar-refractivity contribution in [1.82, 2.24) is 19.7 Å². The Hall–Kier alpha value is -3.22. The van der Waals surface area contributed by atoms with Crippen molar-refractivity contribution < 1.29 is 14.7 Å². The molecule has 2 N–H and O–H groups in total. The predicted molar refractivity (Wildman–Crippen MR) is 108 cm³/mol. The van der Waals surface area contributed by atoms with Crippen LogP contribution in [-0.4, -0.2) is 37.9 Å². The van der Waals surface area contributed by atoms with Crippen molar-refractivity contribution in [1.29, 1.82) is 0 Å². The number of rotatable bonds is 9. The molecule has 1 amide bonds. The van der Waals surface area contributed by atoms with E-state index in [4.69, 9.17) is 0 Å². The molecule has 1 fully saturated rings. The fourth-order valence-electron chi connectivity index (χ4n) is 3.52. The first-order chi connectivity index (χ1) is 14.1. The minimum Gasteiger partial charge on any atom is -0.481 e. The molecule has 0 bridgehead atoms. The average molecular weight is 392 g/mol. The summed E-state index contributed by atoms with van der Waals surface area (Å²) in [5.74, 6) is -1.13. The normalized spacial score (nSPS) is 14.6. The van der Waals surface area contributed by atoms with E-state index in [-0.39, 0.29) is 12.3 Å². The summed E-state index contributed by atoms with van der Waals surface area (Å²) in [5.41, 5.74) is 2.11. The first kappa shape index (κ1) is 19.1. The summed E-state index contributed by atoms with van der Waals surface area (Å²) in [6.07, 6.45) is 8.30. The molecule has 4 rings (SSSR count). The van der Waals surface area contributed by atoms with Crippen molar-refractivity contribution >= 4 is 17.5 Å². The van der Waals surface area contributed by atoms with Crippen molar-refractivity contribution in [3.63, 3.8) is 0 Å². The number of hydrogen-bond donors (Lipinski definition) is 2. The van der Waals surface area contributed by atoms with E-state index in [2.05, 4.69) is 15.3 Å². The number of hydrogen-bond acceptors (Lipinski definition) is 4. The van der Waals surface area contributed by atoms with Gasteiger partial charge in [-0.15, -0.1) is 0 Å². The second kappa shape index (κ2) is 8.43. The molecule has 1 atom stereocenters. The van der Waals surface area contributed by atoms with Gasteiger partial charge in [-0.05, 0) is 43.0 Å². The summed E-state index contributed by atoms with van der Waals surface area (Å²) >= 11 is 0. The molecule has 150 valence electrons. The lowest BCUT2D eigenvalue weighted by Gasteiger charge is -2.09. The van der Waals surface area contributed by atoms with Gasteiger partial charge in [-0.25, -0.2) is 4.98 Å². The Kier molecular flexibility index (Phi) is 5.55. The van der Waals surface area contributed by atoms with Gasteiger partial charge < -0.3 is 10.4 Å². The molecule has 3 heterocycles. The highest BCUT2D eigenvalue weighted by Gasteiger charge is 2.25. The SMILES string of the molecule is O=C(NCCCC1CC1)c1cccc2nc(C(Cc3ccccn3)C(=O)O)cn12. The molecule has 0 aromatic carbocycles. The van der Waals surface area contributed by atoms with Gasteiger partial charge in [0.05, 0.1) is 5.69 Å². The Morgan fingerprint density at radius 2 is 2.07 bits per heavy atom. The second-order valence-electron chi connectivity index (χ2n) is 7.56. The molecule has 1 saturated carbocycles. The molecule has 7 nitrogen and oxygen atoms in total. The lowest BCUT2D eigenvalue weighted by atomic mass is 10.00. The molecule has 3 aromatic heterocycles. The molecule has 0 spiro atoms. The Labute approximate surface area is 168 Å². The van der Waals surface area contributed by atoms with Gasteiger partial charge in [0, 0.05) is 31.1 Å². The van der Waals surface area contributed by atoms with Gasteiger partial charge >= 0.3 is 5.97 Å². The molecule has 1 aliphatic carbocycles. The first-order valence-corrected chi connectivity index (χ1v) is 10.0. The van der Waals surface area contributed by atoms with E-state index in [1.807, 2.05) is 6.07 Å². The monoisotopic (exact) mass is 392 g/mol. The van der Waals surface area contributed by atoms with Crippen LogP contribution in [0.1, 0.15) is 53.5 Å². The number of fused-ring (bicyclic) bond motifs is 1. The summed E-state index contributed by atoms with van der Waals surface area (Å²) in [4.78, 5) is 33.2. The molecule has 0 radical (unpaired) electrons. The number of nitrogens with zero attached hydrogens (tertiary/aromatic N) is 3. The highest BCUT2D eigenvalue weighted by Crippen LogP contribution is 2.33. The molecule has 0 saturated heterocycles. The maximum absolute atomic E-state index is 12.6. The highest BCUT2D eigenvalue weighted by atomic mass is 16.4. The third-order valence-electron chi connectivity index (χ3n) is 5.31. The first-order valence-electron chi connectivity index (χ1n) is 10.0. The summed E-state index contributed by atoms with van der Waals surface area (Å²) < 4.78 is 1.67. The molecular formula is C22H24N4O3. The quantitative estimate of drug-likeness (QED) is 0.546. The minimum atomic E-state index is -0.967. The standard InChI is InChI=1S/C22H24N4O3/c27-21(24-12-4-5-15-9-10-15)19-7-3-8-20-25-18(14-26(19)20)17(22(28)29)13-16-6-1-2-11-23-16/h1-3,6-8,11,14-15,17H,4-5,9-10,12-13H2,(H,24,27)(H,28,29). The van der Waals surface area contributed by atoms with E-state index in [0.29, 0.717) is 29.3 Å². The van der Waals surface area contributed by atoms with Gasteiger partial charge in [-0.2, -0.15) is 0 Å². The molecule has 1 unspecified atom stereocenters. The van der Waals surface area contributed by atoms with Crippen LogP contribution in [-0.2, 0) is 11.2 Å². The van der Waals surface area contributed by atoms with Crippen LogP contribution in [0.4, 0.5) is 0 Å². The fourth-order valence-corrected chi connectivity index (χ4v) is 3.52. The Balaban J connectivity index is 1.53. The number of carbonyl (C=O) groups excluding carboxylic acids is 1. The minimum absolute atomic E-state index is 0.174. The molecule has 1 aliphatic rings. The van der Waals surface area contributed by atoms with Crippen LogP contribution in [0.25, 0.3) is 5.65 Å². The zero-order valence-electron chi connectivity index (χ0n) is 16.1. The van der Waals surface area contributed by atoms with Crippen LogP contribution in [0.2, 0.25) is 0 Å². The number of aliphatic carboxylic acids is 1. The van der Waals surface area contributed by atoms with Crippen LogP contribution in [0.3, 0.4) is 0 Å². The maximum atomic E-state index is 12.6. The predicted octanol–water partition coefficient (Wildman–Crippen LogP) is 3.06. The van der Waals surface area contributed by atoms with Gasteiger partial charge in [0.15, 0.2) is 0 Å². The molecule has 0 aliphatic heterocycles. The molecule has 7 heteroatoms. The Morgan fingerprint density at radius 1 is 1.21 bits per heavy atom. The summed E-state index contributed by atoms with van der Waals surface area (Å²) in [6, 6.07) is 10.7. The van der Waals surface area contributed by atoms with E-state index in [9.17, 15) is 14.7 Å². The van der Waals surface area contributed by atoms with Crippen LogP contribution < -0.4 is 5.32 Å². The van der Waals surface area contributed by atoms with E-state index < -0.39 is 11.9 Å². The van der Waals surface area contributed by atoms with Crippen molar-refractivity contribution in [2.45, 2.75) is 38.0 Å². The van der Waals surface area contributed by atoms with Crippen molar-refractivity contribution in [3.8, 4) is 0 Å². The highest BCUT2D eigenvalue weighted by molar-refractivity contribution is 5.93. The van der Waals surface area contributed by atoms with E-state index >= 15 is 0 Å². The fraction of sp³-hybridized carbons (Fsp3) is 0.364. The zero-order valence-corrected chi connectivity index (χ0v) is 16.1. The summed E-state index contributed by atoms with van der Waals surface area (Å²) in [6.45, 7) is 0.644. The third kappa shape index (κ3) is 4.62. The van der Waals surface area contributed by atoms with Crippen LogP contribution in [0.15, 0.2) is 48.8 Å². The van der Waals surface area contributed by atoms with Crippen LogP contribution in [0.5, 0.6) is 0 Å². The lowest BCUT2D eigenvalue weighted by molar-refractivity contribution is -0.138. The maximum Gasteiger partial charge on any atom is 0.313 e. The van der Waals surface area contributed by atoms with Crippen molar-refractivity contribution in [2.75, 3.05) is 6.54 Å². The number of pyridine rings is 2. The number of aromatic nitrogens is 3. The van der Waals surface area contributed by atoms with E-state index in [1.54, 1.807) is 47.1 Å². The van der Waals surface area contributed by atoms with Crippen molar-refractivity contribution in [2.24, 2.45) is 5.92 Å². The largest absolute Gasteiger partial charge is 0.481 e. The van der Waals surface area contributed by atoms with Gasteiger partial charge in [0.1, 0.15) is 17.3 Å². The van der Waals surface area contributed by atoms with Gasteiger partial charge in [0.25, 0.3) is 5.91 Å². The number of carboxylic acid groups (broad SMARTS) is 1. The van der Waals surface area contributed by atoms with E-state index in [0.717, 1.165) is 18.8 Å². The second-order valence-corrected chi connectivity index (χ2v) is 7.56. The Morgan fingerprint density at radius 3 is 2.79 bits per heavy atom. The number of carboxylic acids is 1. The number of nitrogens with one attached hydrogen (secondary N) is 1.